The van der Waals surface area contributed by atoms with E-state index in [0.29, 0.717) is 6.54 Å². The van der Waals surface area contributed by atoms with Crippen molar-refractivity contribution < 1.29 is 0 Å². The lowest BCUT2D eigenvalue weighted by atomic mass is 10.5. The van der Waals surface area contributed by atoms with Gasteiger partial charge in [0.2, 0.25) is 0 Å². The van der Waals surface area contributed by atoms with Gasteiger partial charge in [-0.1, -0.05) is 0 Å². The summed E-state index contributed by atoms with van der Waals surface area (Å²) >= 11 is 1.53. The van der Waals surface area contributed by atoms with Gasteiger partial charge in [-0.05, 0) is 6.92 Å². The Morgan fingerprint density at radius 1 is 1.53 bits per heavy atom. The molecule has 0 aliphatic rings. The van der Waals surface area contributed by atoms with E-state index >= 15 is 0 Å². The highest BCUT2D eigenvalue weighted by Crippen LogP contribution is 2.11. The van der Waals surface area contributed by atoms with Crippen molar-refractivity contribution in [3.63, 3.8) is 0 Å². The highest BCUT2D eigenvalue weighted by Gasteiger charge is 2.01. The van der Waals surface area contributed by atoms with Crippen molar-refractivity contribution in [1.29, 1.82) is 0 Å². The normalized spacial score (nSPS) is 10.5. The molecule has 5 nitrogen and oxygen atoms in total. The molecule has 0 saturated heterocycles. The lowest BCUT2D eigenvalue weighted by Crippen LogP contribution is -2.28. The summed E-state index contributed by atoms with van der Waals surface area (Å²) < 4.78 is 1.44. The maximum Gasteiger partial charge on any atom is 0.328 e. The third-order valence-corrected chi connectivity index (χ3v) is 2.79. The molecule has 0 radical (unpaired) electrons. The summed E-state index contributed by atoms with van der Waals surface area (Å²) in [4.78, 5) is 29.4. The first-order valence-corrected chi connectivity index (χ1v) is 5.18. The molecule has 0 aromatic carbocycles. The third kappa shape index (κ3) is 2.21. The first-order valence-electron chi connectivity index (χ1n) is 4.36. The second-order valence-corrected chi connectivity index (χ2v) is 4.40. The molecule has 0 aliphatic heterocycles. The van der Waals surface area contributed by atoms with E-state index in [-0.39, 0.29) is 5.56 Å². The SMILES string of the molecule is Cc1ncc(Cn2ccc(=O)[nH]c2=O)s1. The van der Waals surface area contributed by atoms with E-state index in [0.717, 1.165) is 9.88 Å². The average Bonchev–Trinajstić information content (AvgIpc) is 2.56. The van der Waals surface area contributed by atoms with Crippen LogP contribution in [0.15, 0.2) is 28.0 Å². The van der Waals surface area contributed by atoms with Gasteiger partial charge < -0.3 is 0 Å². The van der Waals surface area contributed by atoms with E-state index in [4.69, 9.17) is 0 Å². The number of nitrogens with zero attached hydrogens (tertiary/aromatic N) is 2. The number of aromatic amines is 1. The van der Waals surface area contributed by atoms with E-state index in [1.54, 1.807) is 6.20 Å². The van der Waals surface area contributed by atoms with Gasteiger partial charge in [-0.3, -0.25) is 14.3 Å². The van der Waals surface area contributed by atoms with Gasteiger partial charge in [0.15, 0.2) is 0 Å². The molecule has 0 amide bonds. The number of aromatic nitrogens is 3. The van der Waals surface area contributed by atoms with Crippen LogP contribution < -0.4 is 11.2 Å². The van der Waals surface area contributed by atoms with Crippen LogP contribution in [0.4, 0.5) is 0 Å². The maximum atomic E-state index is 11.3. The summed E-state index contributed by atoms with van der Waals surface area (Å²) in [7, 11) is 0. The highest BCUT2D eigenvalue weighted by molar-refractivity contribution is 7.11. The van der Waals surface area contributed by atoms with E-state index in [2.05, 4.69) is 9.97 Å². The number of aryl methyl sites for hydroxylation is 1. The fourth-order valence-corrected chi connectivity index (χ4v) is 2.01. The van der Waals surface area contributed by atoms with Crippen LogP contribution in [-0.2, 0) is 6.54 Å². The Bertz CT molecular complexity index is 581. The van der Waals surface area contributed by atoms with Crippen molar-refractivity contribution >= 4 is 11.3 Å². The van der Waals surface area contributed by atoms with Crippen molar-refractivity contribution in [2.24, 2.45) is 0 Å². The zero-order valence-corrected chi connectivity index (χ0v) is 8.87. The van der Waals surface area contributed by atoms with Gasteiger partial charge in [0.05, 0.1) is 11.6 Å². The van der Waals surface area contributed by atoms with E-state index in [1.165, 1.54) is 28.2 Å². The Hall–Kier alpha value is -1.69. The summed E-state index contributed by atoms with van der Waals surface area (Å²) in [5.41, 5.74) is -0.773. The summed E-state index contributed by atoms with van der Waals surface area (Å²) in [6, 6.07) is 1.33. The second kappa shape index (κ2) is 3.82. The zero-order chi connectivity index (χ0) is 10.8. The summed E-state index contributed by atoms with van der Waals surface area (Å²) in [6.45, 7) is 2.35. The molecule has 0 aliphatic carbocycles. The lowest BCUT2D eigenvalue weighted by Gasteiger charge is -2.00. The topological polar surface area (TPSA) is 67.8 Å². The molecule has 2 aromatic rings. The standard InChI is InChI=1S/C9H9N3O2S/c1-6-10-4-7(15-6)5-12-3-2-8(13)11-9(12)14/h2-4H,5H2,1H3,(H,11,13,14). The van der Waals surface area contributed by atoms with Crippen LogP contribution in [0, 0.1) is 6.92 Å². The summed E-state index contributed by atoms with van der Waals surface area (Å²) in [5, 5.41) is 0.961. The van der Waals surface area contributed by atoms with Crippen LogP contribution in [0.3, 0.4) is 0 Å². The van der Waals surface area contributed by atoms with Crippen LogP contribution in [-0.4, -0.2) is 14.5 Å². The van der Waals surface area contributed by atoms with Gasteiger partial charge >= 0.3 is 5.69 Å². The molecule has 2 aromatic heterocycles. The highest BCUT2D eigenvalue weighted by atomic mass is 32.1. The zero-order valence-electron chi connectivity index (χ0n) is 8.06. The van der Waals surface area contributed by atoms with Crippen molar-refractivity contribution in [3.05, 3.63) is 49.2 Å². The molecule has 15 heavy (non-hydrogen) atoms. The first-order chi connectivity index (χ1) is 7.15. The quantitative estimate of drug-likeness (QED) is 0.798. The molecular weight excluding hydrogens is 214 g/mol. The molecule has 1 N–H and O–H groups in total. The van der Waals surface area contributed by atoms with Gasteiger partial charge in [0.1, 0.15) is 0 Å². The molecule has 6 heteroatoms. The van der Waals surface area contributed by atoms with Gasteiger partial charge in [0, 0.05) is 23.3 Å². The smallest absolute Gasteiger partial charge is 0.295 e. The van der Waals surface area contributed by atoms with Gasteiger partial charge in [-0.25, -0.2) is 9.78 Å². The Kier molecular flexibility index (Phi) is 2.51. The molecule has 0 fully saturated rings. The molecule has 0 unspecified atom stereocenters. The Labute approximate surface area is 89.1 Å². The second-order valence-electron chi connectivity index (χ2n) is 3.08. The predicted octanol–water partition coefficient (Wildman–Crippen LogP) is 0.350. The molecule has 0 bridgehead atoms. The fourth-order valence-electron chi connectivity index (χ4n) is 1.22. The van der Waals surface area contributed by atoms with Crippen molar-refractivity contribution in [3.8, 4) is 0 Å². The Morgan fingerprint density at radius 2 is 2.33 bits per heavy atom. The van der Waals surface area contributed by atoms with Crippen molar-refractivity contribution in [1.82, 2.24) is 14.5 Å². The number of nitrogens with one attached hydrogen (secondary N) is 1. The largest absolute Gasteiger partial charge is 0.328 e. The van der Waals surface area contributed by atoms with Crippen LogP contribution in [0.1, 0.15) is 9.88 Å². The van der Waals surface area contributed by atoms with Crippen LogP contribution in [0.2, 0.25) is 0 Å². The molecular formula is C9H9N3O2S. The van der Waals surface area contributed by atoms with Gasteiger partial charge in [-0.2, -0.15) is 0 Å². The van der Waals surface area contributed by atoms with Crippen molar-refractivity contribution in [2.45, 2.75) is 13.5 Å². The lowest BCUT2D eigenvalue weighted by molar-refractivity contribution is 0.727. The number of hydrogen-bond donors (Lipinski definition) is 1. The molecule has 0 spiro atoms. The number of H-pyrrole nitrogens is 1. The summed E-state index contributed by atoms with van der Waals surface area (Å²) in [6.07, 6.45) is 3.22. The van der Waals surface area contributed by atoms with Gasteiger partial charge in [-0.15, -0.1) is 11.3 Å². The van der Waals surface area contributed by atoms with E-state index in [9.17, 15) is 9.59 Å². The minimum Gasteiger partial charge on any atom is -0.295 e. The maximum absolute atomic E-state index is 11.3. The number of hydrogen-bond acceptors (Lipinski definition) is 4. The minimum absolute atomic E-state index is 0.378. The average molecular weight is 223 g/mol. The van der Waals surface area contributed by atoms with Crippen LogP contribution in [0.25, 0.3) is 0 Å². The monoisotopic (exact) mass is 223 g/mol. The number of thiazole rings is 1. The third-order valence-electron chi connectivity index (χ3n) is 1.89. The minimum atomic E-state index is -0.395. The van der Waals surface area contributed by atoms with Crippen LogP contribution in [0.5, 0.6) is 0 Å². The molecule has 78 valence electrons. The predicted molar refractivity (Wildman–Crippen MR) is 57.3 cm³/mol. The Balaban J connectivity index is 2.32. The molecule has 0 atom stereocenters. The van der Waals surface area contributed by atoms with E-state index in [1.807, 2.05) is 6.92 Å². The van der Waals surface area contributed by atoms with Crippen LogP contribution >= 0.6 is 11.3 Å². The summed E-state index contributed by atoms with van der Waals surface area (Å²) in [5.74, 6) is 0. The van der Waals surface area contributed by atoms with Crippen molar-refractivity contribution in [2.75, 3.05) is 0 Å². The fraction of sp³-hybridized carbons (Fsp3) is 0.222. The molecule has 0 saturated carbocycles. The number of rotatable bonds is 2. The molecule has 2 rings (SSSR count). The van der Waals surface area contributed by atoms with Gasteiger partial charge in [0.25, 0.3) is 5.56 Å². The first kappa shape index (κ1) is 9.85. The van der Waals surface area contributed by atoms with E-state index < -0.39 is 5.69 Å². The molecule has 2 heterocycles. The Morgan fingerprint density at radius 3 is 2.93 bits per heavy atom.